The van der Waals surface area contributed by atoms with Crippen molar-refractivity contribution >= 4 is 39.1 Å². The molecule has 1 saturated heterocycles. The van der Waals surface area contributed by atoms with Crippen LogP contribution in [0.5, 0.6) is 0 Å². The highest BCUT2D eigenvalue weighted by atomic mass is 35.5. The van der Waals surface area contributed by atoms with E-state index in [4.69, 9.17) is 23.2 Å². The van der Waals surface area contributed by atoms with Crippen molar-refractivity contribution in [2.75, 3.05) is 13.1 Å². The number of carbonyl (C=O) groups excluding carboxylic acids is 1. The second-order valence-electron chi connectivity index (χ2n) is 4.85. The van der Waals surface area contributed by atoms with E-state index in [2.05, 4.69) is 10.3 Å². The first-order valence-corrected chi connectivity index (χ1v) is 8.58. The van der Waals surface area contributed by atoms with Gasteiger partial charge < -0.3 is 5.32 Å². The molecule has 0 radical (unpaired) electrons. The van der Waals surface area contributed by atoms with Gasteiger partial charge in [-0.25, -0.2) is 13.4 Å². The Morgan fingerprint density at radius 1 is 1.48 bits per heavy atom. The fourth-order valence-corrected chi connectivity index (χ4v) is 4.09. The number of carbonyl (C=O) groups is 1. The molecule has 116 valence electrons. The van der Waals surface area contributed by atoms with Crippen LogP contribution >= 0.6 is 23.2 Å². The highest BCUT2D eigenvalue weighted by Crippen LogP contribution is 2.25. The van der Waals surface area contributed by atoms with Gasteiger partial charge in [0.15, 0.2) is 0 Å². The molecule has 2 heterocycles. The number of amides is 1. The van der Waals surface area contributed by atoms with E-state index in [1.165, 1.54) is 23.5 Å². The number of halogens is 2. The maximum absolute atomic E-state index is 12.6. The quantitative estimate of drug-likeness (QED) is 0.840. The van der Waals surface area contributed by atoms with E-state index in [9.17, 15) is 13.2 Å². The van der Waals surface area contributed by atoms with Crippen LogP contribution in [0.1, 0.15) is 19.8 Å². The summed E-state index contributed by atoms with van der Waals surface area (Å²) in [5, 5.41) is 2.90. The van der Waals surface area contributed by atoms with Crippen LogP contribution in [0.25, 0.3) is 0 Å². The molecule has 9 heteroatoms. The summed E-state index contributed by atoms with van der Waals surface area (Å²) in [5.41, 5.74) is 0. The molecular formula is C12H15Cl2N3O3S. The Morgan fingerprint density at radius 3 is 2.81 bits per heavy atom. The summed E-state index contributed by atoms with van der Waals surface area (Å²) in [6.45, 7) is 2.05. The van der Waals surface area contributed by atoms with Crippen LogP contribution in [0.4, 0.5) is 0 Å². The average Bonchev–Trinajstić information content (AvgIpc) is 2.41. The lowest BCUT2D eigenvalue weighted by Gasteiger charge is -2.32. The number of hydrogen-bond donors (Lipinski definition) is 1. The maximum atomic E-state index is 12.6. The van der Waals surface area contributed by atoms with Gasteiger partial charge >= 0.3 is 0 Å². The number of piperidine rings is 1. The van der Waals surface area contributed by atoms with Gasteiger partial charge in [-0.15, -0.1) is 0 Å². The Bertz CT molecular complexity index is 651. The SMILES string of the molecule is CC(=O)NC1CCCN(S(=O)(=O)c2cnc(Cl)c(Cl)c2)C1. The third-order valence-electron chi connectivity index (χ3n) is 3.20. The maximum Gasteiger partial charge on any atom is 0.244 e. The zero-order valence-corrected chi connectivity index (χ0v) is 13.7. The van der Waals surface area contributed by atoms with E-state index in [0.29, 0.717) is 13.0 Å². The van der Waals surface area contributed by atoms with Gasteiger partial charge in [-0.1, -0.05) is 23.2 Å². The van der Waals surface area contributed by atoms with Crippen molar-refractivity contribution in [3.8, 4) is 0 Å². The molecule has 1 aliphatic rings. The topological polar surface area (TPSA) is 79.4 Å². The lowest BCUT2D eigenvalue weighted by atomic mass is 10.1. The van der Waals surface area contributed by atoms with Gasteiger partial charge in [0.1, 0.15) is 10.0 Å². The van der Waals surface area contributed by atoms with Gasteiger partial charge in [0.05, 0.1) is 5.02 Å². The minimum Gasteiger partial charge on any atom is -0.352 e. The zero-order chi connectivity index (χ0) is 15.6. The summed E-state index contributed by atoms with van der Waals surface area (Å²) in [7, 11) is -3.69. The molecular weight excluding hydrogens is 337 g/mol. The van der Waals surface area contributed by atoms with Crippen LogP contribution in [-0.4, -0.2) is 42.7 Å². The van der Waals surface area contributed by atoms with Gasteiger partial charge in [-0.3, -0.25) is 4.79 Å². The number of nitrogens with one attached hydrogen (secondary N) is 1. The Morgan fingerprint density at radius 2 is 2.19 bits per heavy atom. The van der Waals surface area contributed by atoms with Gasteiger partial charge in [-0.2, -0.15) is 4.31 Å². The highest BCUT2D eigenvalue weighted by molar-refractivity contribution is 7.89. The molecule has 21 heavy (non-hydrogen) atoms. The van der Waals surface area contributed by atoms with Crippen molar-refractivity contribution in [3.05, 3.63) is 22.4 Å². The van der Waals surface area contributed by atoms with Crippen LogP contribution in [0.2, 0.25) is 10.2 Å². The summed E-state index contributed by atoms with van der Waals surface area (Å²) < 4.78 is 26.4. The van der Waals surface area contributed by atoms with Crippen LogP contribution in [0.3, 0.4) is 0 Å². The van der Waals surface area contributed by atoms with E-state index < -0.39 is 10.0 Å². The van der Waals surface area contributed by atoms with Crippen LogP contribution in [-0.2, 0) is 14.8 Å². The number of aromatic nitrogens is 1. The average molecular weight is 352 g/mol. The third-order valence-corrected chi connectivity index (χ3v) is 5.72. The lowest BCUT2D eigenvalue weighted by molar-refractivity contribution is -0.119. The van der Waals surface area contributed by atoms with E-state index in [0.717, 1.165) is 6.42 Å². The van der Waals surface area contributed by atoms with Crippen molar-refractivity contribution in [2.45, 2.75) is 30.7 Å². The number of nitrogens with zero attached hydrogens (tertiary/aromatic N) is 2. The summed E-state index contributed by atoms with van der Waals surface area (Å²) >= 11 is 11.5. The van der Waals surface area contributed by atoms with E-state index in [1.807, 2.05) is 0 Å². The Hall–Kier alpha value is -0.890. The summed E-state index contributed by atoms with van der Waals surface area (Å²) in [6.07, 6.45) is 2.62. The molecule has 1 aromatic rings. The summed E-state index contributed by atoms with van der Waals surface area (Å²) in [6, 6.07) is 1.11. The standard InChI is InChI=1S/C12H15Cl2N3O3S/c1-8(18)16-9-3-2-4-17(7-9)21(19,20)10-5-11(13)12(14)15-6-10/h5-6,9H,2-4,7H2,1H3,(H,16,18). The number of pyridine rings is 1. The van der Waals surface area contributed by atoms with Gasteiger partial charge in [-0.05, 0) is 18.9 Å². The molecule has 0 bridgehead atoms. The van der Waals surface area contributed by atoms with E-state index in [-0.39, 0.29) is 33.6 Å². The molecule has 1 amide bonds. The lowest BCUT2D eigenvalue weighted by Crippen LogP contribution is -2.49. The van der Waals surface area contributed by atoms with Crippen molar-refractivity contribution in [1.82, 2.24) is 14.6 Å². The molecule has 1 atom stereocenters. The minimum absolute atomic E-state index is 0.000347. The highest BCUT2D eigenvalue weighted by Gasteiger charge is 2.31. The van der Waals surface area contributed by atoms with Crippen LogP contribution in [0.15, 0.2) is 17.2 Å². The van der Waals surface area contributed by atoms with Crippen molar-refractivity contribution in [3.63, 3.8) is 0 Å². The fourth-order valence-electron chi connectivity index (χ4n) is 2.26. The first-order chi connectivity index (χ1) is 9.80. The summed E-state index contributed by atoms with van der Waals surface area (Å²) in [5.74, 6) is -0.171. The van der Waals surface area contributed by atoms with Crippen molar-refractivity contribution < 1.29 is 13.2 Å². The molecule has 2 rings (SSSR count). The number of rotatable bonds is 3. The van der Waals surface area contributed by atoms with Gasteiger partial charge in [0, 0.05) is 32.3 Å². The number of sulfonamides is 1. The van der Waals surface area contributed by atoms with Crippen LogP contribution < -0.4 is 5.32 Å². The van der Waals surface area contributed by atoms with Gasteiger partial charge in [0.25, 0.3) is 0 Å². The van der Waals surface area contributed by atoms with E-state index in [1.54, 1.807) is 0 Å². The first kappa shape index (κ1) is 16.5. The molecule has 0 aliphatic carbocycles. The monoisotopic (exact) mass is 351 g/mol. The Labute approximate surface area is 133 Å². The fraction of sp³-hybridized carbons (Fsp3) is 0.500. The first-order valence-electron chi connectivity index (χ1n) is 6.39. The molecule has 1 N–H and O–H groups in total. The smallest absolute Gasteiger partial charge is 0.244 e. The molecule has 1 aromatic heterocycles. The molecule has 0 saturated carbocycles. The molecule has 1 aliphatic heterocycles. The summed E-state index contributed by atoms with van der Waals surface area (Å²) in [4.78, 5) is 14.9. The third kappa shape index (κ3) is 3.85. The molecule has 1 unspecified atom stereocenters. The Balaban J connectivity index is 2.22. The predicted molar refractivity (Wildman–Crippen MR) is 79.9 cm³/mol. The Kier molecular flexibility index (Phi) is 5.08. The minimum atomic E-state index is -3.69. The van der Waals surface area contributed by atoms with Crippen molar-refractivity contribution in [2.24, 2.45) is 0 Å². The second kappa shape index (κ2) is 6.48. The molecule has 6 nitrogen and oxygen atoms in total. The number of hydrogen-bond acceptors (Lipinski definition) is 4. The normalized spacial score (nSPS) is 20.2. The molecule has 0 spiro atoms. The largest absolute Gasteiger partial charge is 0.352 e. The van der Waals surface area contributed by atoms with E-state index >= 15 is 0 Å². The predicted octanol–water partition coefficient (Wildman–Crippen LogP) is 1.68. The zero-order valence-electron chi connectivity index (χ0n) is 11.3. The molecule has 1 fully saturated rings. The second-order valence-corrected chi connectivity index (χ2v) is 7.55. The molecule has 0 aromatic carbocycles. The van der Waals surface area contributed by atoms with Crippen molar-refractivity contribution in [1.29, 1.82) is 0 Å². The van der Waals surface area contributed by atoms with Crippen LogP contribution in [0, 0.1) is 0 Å². The van der Waals surface area contributed by atoms with Gasteiger partial charge in [0.2, 0.25) is 15.9 Å².